The van der Waals surface area contributed by atoms with E-state index in [0.717, 1.165) is 24.3 Å². The van der Waals surface area contributed by atoms with E-state index in [1.165, 1.54) is 31.9 Å². The van der Waals surface area contributed by atoms with Gasteiger partial charge in [0.15, 0.2) is 5.76 Å². The number of nitrogens with zero attached hydrogens (tertiary/aromatic N) is 2. The van der Waals surface area contributed by atoms with Gasteiger partial charge in [-0.15, -0.1) is 0 Å². The summed E-state index contributed by atoms with van der Waals surface area (Å²) >= 11 is 0. The lowest BCUT2D eigenvalue weighted by atomic mass is 10.0. The predicted molar refractivity (Wildman–Crippen MR) is 121 cm³/mol. The number of furan rings is 1. The van der Waals surface area contributed by atoms with Crippen LogP contribution in [-0.4, -0.2) is 47.4 Å². The van der Waals surface area contributed by atoms with E-state index in [2.05, 4.69) is 35.9 Å². The van der Waals surface area contributed by atoms with Crippen molar-refractivity contribution in [2.45, 2.75) is 71.6 Å². The van der Waals surface area contributed by atoms with Gasteiger partial charge in [-0.2, -0.15) is 0 Å². The minimum atomic E-state index is -0.229. The Kier molecular flexibility index (Phi) is 8.67. The standard InChI is InChI=1S/C25H36FN3O2/c1-19(2)29(17-21-9-6-10-22(26)16-21)18-23-11-12-24(31-23)25(30)27-13-7-15-28-14-5-4-8-20(28)3/h6,9-12,16,19-20H,4-5,7-8,13-15,17-18H2,1-3H3,(H,27,30). The summed E-state index contributed by atoms with van der Waals surface area (Å²) in [6, 6.07) is 11.1. The van der Waals surface area contributed by atoms with Crippen LogP contribution in [0.5, 0.6) is 0 Å². The molecule has 0 bridgehead atoms. The molecule has 1 saturated heterocycles. The molecular formula is C25H36FN3O2. The van der Waals surface area contributed by atoms with Gasteiger partial charge >= 0.3 is 0 Å². The molecule has 6 heteroatoms. The van der Waals surface area contributed by atoms with Crippen molar-refractivity contribution in [1.29, 1.82) is 0 Å². The quantitative estimate of drug-likeness (QED) is 0.550. The van der Waals surface area contributed by atoms with Crippen LogP contribution in [0, 0.1) is 5.82 Å². The van der Waals surface area contributed by atoms with E-state index in [1.807, 2.05) is 12.1 Å². The fourth-order valence-electron chi connectivity index (χ4n) is 4.14. The minimum absolute atomic E-state index is 0.167. The van der Waals surface area contributed by atoms with E-state index >= 15 is 0 Å². The van der Waals surface area contributed by atoms with Crippen molar-refractivity contribution in [3.63, 3.8) is 0 Å². The lowest BCUT2D eigenvalue weighted by Gasteiger charge is -2.33. The lowest BCUT2D eigenvalue weighted by Crippen LogP contribution is -2.39. The second-order valence-corrected chi connectivity index (χ2v) is 8.88. The number of carbonyl (C=O) groups excluding carboxylic acids is 1. The molecule has 1 aliphatic rings. The van der Waals surface area contributed by atoms with E-state index in [0.29, 0.717) is 31.4 Å². The smallest absolute Gasteiger partial charge is 0.286 e. The van der Waals surface area contributed by atoms with Crippen molar-refractivity contribution in [3.05, 3.63) is 59.3 Å². The summed E-state index contributed by atoms with van der Waals surface area (Å²) in [4.78, 5) is 17.2. The number of likely N-dealkylation sites (tertiary alicyclic amines) is 1. The Morgan fingerprint density at radius 1 is 1.26 bits per heavy atom. The van der Waals surface area contributed by atoms with E-state index in [4.69, 9.17) is 4.42 Å². The predicted octanol–water partition coefficient (Wildman–Crippen LogP) is 4.82. The van der Waals surface area contributed by atoms with Gasteiger partial charge in [0.25, 0.3) is 5.91 Å². The fraction of sp³-hybridized carbons (Fsp3) is 0.560. The Labute approximate surface area is 185 Å². The van der Waals surface area contributed by atoms with Crippen molar-refractivity contribution in [1.82, 2.24) is 15.1 Å². The molecule has 5 nitrogen and oxygen atoms in total. The third-order valence-corrected chi connectivity index (χ3v) is 6.10. The molecule has 2 heterocycles. The molecule has 1 aromatic carbocycles. The summed E-state index contributed by atoms with van der Waals surface area (Å²) in [7, 11) is 0. The maximum atomic E-state index is 13.5. The lowest BCUT2D eigenvalue weighted by molar-refractivity contribution is 0.0916. The summed E-state index contributed by atoms with van der Waals surface area (Å²) in [6.45, 7) is 10.5. The Bertz CT molecular complexity index is 836. The fourth-order valence-corrected chi connectivity index (χ4v) is 4.14. The maximum Gasteiger partial charge on any atom is 0.286 e. The molecule has 1 amide bonds. The average molecular weight is 430 g/mol. The third-order valence-electron chi connectivity index (χ3n) is 6.10. The number of carbonyl (C=O) groups is 1. The van der Waals surface area contributed by atoms with Gasteiger partial charge in [-0.1, -0.05) is 18.6 Å². The topological polar surface area (TPSA) is 48.7 Å². The van der Waals surface area contributed by atoms with Crippen LogP contribution in [0.4, 0.5) is 4.39 Å². The molecular weight excluding hydrogens is 393 g/mol. The highest BCUT2D eigenvalue weighted by Crippen LogP contribution is 2.17. The van der Waals surface area contributed by atoms with E-state index < -0.39 is 0 Å². The number of amides is 1. The Morgan fingerprint density at radius 3 is 2.84 bits per heavy atom. The normalized spacial score (nSPS) is 17.4. The van der Waals surface area contributed by atoms with E-state index in [-0.39, 0.29) is 17.8 Å². The van der Waals surface area contributed by atoms with Gasteiger partial charge in [0.2, 0.25) is 0 Å². The zero-order chi connectivity index (χ0) is 22.2. The van der Waals surface area contributed by atoms with Crippen LogP contribution in [0.1, 0.15) is 68.3 Å². The van der Waals surface area contributed by atoms with Crippen LogP contribution in [0.2, 0.25) is 0 Å². The van der Waals surface area contributed by atoms with Crippen LogP contribution >= 0.6 is 0 Å². The molecule has 170 valence electrons. The molecule has 1 unspecified atom stereocenters. The first-order valence-electron chi connectivity index (χ1n) is 11.5. The molecule has 0 saturated carbocycles. The number of rotatable bonds is 10. The van der Waals surface area contributed by atoms with Gasteiger partial charge in [0, 0.05) is 31.7 Å². The third kappa shape index (κ3) is 7.18. The first-order valence-corrected chi connectivity index (χ1v) is 11.5. The SMILES string of the molecule is CC(C)N(Cc1cccc(F)c1)Cc1ccc(C(=O)NCCCN2CCCCC2C)o1. The van der Waals surface area contributed by atoms with Crippen molar-refractivity contribution in [2.75, 3.05) is 19.6 Å². The Hall–Kier alpha value is -2.18. The highest BCUT2D eigenvalue weighted by molar-refractivity contribution is 5.91. The van der Waals surface area contributed by atoms with E-state index in [9.17, 15) is 9.18 Å². The Morgan fingerprint density at radius 2 is 2.10 bits per heavy atom. The van der Waals surface area contributed by atoms with Gasteiger partial charge < -0.3 is 14.6 Å². The number of piperidine rings is 1. The largest absolute Gasteiger partial charge is 0.455 e. The molecule has 0 radical (unpaired) electrons. The van der Waals surface area contributed by atoms with Gasteiger partial charge in [0.05, 0.1) is 6.54 Å². The summed E-state index contributed by atoms with van der Waals surface area (Å²) < 4.78 is 19.3. The molecule has 1 atom stereocenters. The Balaban J connectivity index is 1.47. The maximum absolute atomic E-state index is 13.5. The van der Waals surface area contributed by atoms with Gasteiger partial charge in [-0.25, -0.2) is 4.39 Å². The first-order chi connectivity index (χ1) is 14.9. The number of halogens is 1. The average Bonchev–Trinajstić information content (AvgIpc) is 3.20. The summed E-state index contributed by atoms with van der Waals surface area (Å²) in [5.74, 6) is 0.681. The van der Waals surface area contributed by atoms with Crippen LogP contribution in [0.3, 0.4) is 0 Å². The van der Waals surface area contributed by atoms with Crippen molar-refractivity contribution < 1.29 is 13.6 Å². The van der Waals surface area contributed by atoms with Gasteiger partial charge in [0.1, 0.15) is 11.6 Å². The zero-order valence-corrected chi connectivity index (χ0v) is 19.1. The molecule has 1 fully saturated rings. The monoisotopic (exact) mass is 429 g/mol. The number of hydrogen-bond acceptors (Lipinski definition) is 4. The number of hydrogen-bond donors (Lipinski definition) is 1. The molecule has 1 aliphatic heterocycles. The number of benzene rings is 1. The van der Waals surface area contributed by atoms with Crippen LogP contribution < -0.4 is 5.32 Å². The summed E-state index contributed by atoms with van der Waals surface area (Å²) in [6.07, 6.45) is 4.82. The molecule has 0 spiro atoms. The van der Waals surface area contributed by atoms with Crippen LogP contribution in [0.15, 0.2) is 40.8 Å². The zero-order valence-electron chi connectivity index (χ0n) is 19.1. The summed E-state index contributed by atoms with van der Waals surface area (Å²) in [5, 5.41) is 2.97. The van der Waals surface area contributed by atoms with Gasteiger partial charge in [-0.05, 0) is 76.4 Å². The summed E-state index contributed by atoms with van der Waals surface area (Å²) in [5.41, 5.74) is 0.918. The van der Waals surface area contributed by atoms with Crippen LogP contribution in [0.25, 0.3) is 0 Å². The first kappa shape index (κ1) is 23.5. The van der Waals surface area contributed by atoms with Gasteiger partial charge in [-0.3, -0.25) is 9.69 Å². The second-order valence-electron chi connectivity index (χ2n) is 8.88. The number of nitrogens with one attached hydrogen (secondary N) is 1. The molecule has 3 rings (SSSR count). The molecule has 2 aromatic rings. The van der Waals surface area contributed by atoms with Crippen molar-refractivity contribution >= 4 is 5.91 Å². The second kappa shape index (κ2) is 11.4. The van der Waals surface area contributed by atoms with Crippen molar-refractivity contribution in [3.8, 4) is 0 Å². The minimum Gasteiger partial charge on any atom is -0.455 e. The van der Waals surface area contributed by atoms with Crippen molar-refractivity contribution in [2.24, 2.45) is 0 Å². The van der Waals surface area contributed by atoms with E-state index in [1.54, 1.807) is 18.2 Å². The molecule has 1 N–H and O–H groups in total. The molecule has 1 aromatic heterocycles. The van der Waals surface area contributed by atoms with Crippen LogP contribution in [-0.2, 0) is 13.1 Å². The molecule has 0 aliphatic carbocycles. The highest BCUT2D eigenvalue weighted by atomic mass is 19.1. The molecule has 31 heavy (non-hydrogen) atoms. The highest BCUT2D eigenvalue weighted by Gasteiger charge is 2.18.